The van der Waals surface area contributed by atoms with Crippen LogP contribution in [0.4, 0.5) is 0 Å². The molecular formula is C16H16N2O4. The van der Waals surface area contributed by atoms with Crippen molar-refractivity contribution in [3.05, 3.63) is 42.2 Å². The maximum absolute atomic E-state index is 12.7. The molecule has 2 N–H and O–H groups in total. The number of aliphatic carboxylic acids is 1. The highest BCUT2D eigenvalue weighted by Crippen LogP contribution is 2.25. The molecular weight excluding hydrogens is 284 g/mol. The molecule has 1 aliphatic rings. The summed E-state index contributed by atoms with van der Waals surface area (Å²) in [5, 5.41) is 20.7. The predicted molar refractivity (Wildman–Crippen MR) is 79.5 cm³/mol. The van der Waals surface area contributed by atoms with Gasteiger partial charge in [-0.25, -0.2) is 4.79 Å². The molecule has 22 heavy (non-hydrogen) atoms. The van der Waals surface area contributed by atoms with Crippen LogP contribution in [-0.2, 0) is 4.79 Å². The second kappa shape index (κ2) is 5.38. The summed E-state index contributed by atoms with van der Waals surface area (Å²) in [6, 6.07) is 7.23. The Labute approximate surface area is 127 Å². The third-order valence-corrected chi connectivity index (χ3v) is 4.19. The van der Waals surface area contributed by atoms with Crippen LogP contribution in [0.1, 0.15) is 23.2 Å². The molecule has 0 aliphatic carbocycles. The highest BCUT2D eigenvalue weighted by molar-refractivity contribution is 6.06. The molecule has 6 heteroatoms. The lowest BCUT2D eigenvalue weighted by atomic mass is 9.91. The van der Waals surface area contributed by atoms with Crippen LogP contribution in [0.15, 0.2) is 36.7 Å². The Balaban J connectivity index is 1.84. The van der Waals surface area contributed by atoms with E-state index in [9.17, 15) is 14.7 Å². The number of rotatable bonds is 2. The number of amides is 1. The number of nitrogens with zero attached hydrogens (tertiary/aromatic N) is 2. The van der Waals surface area contributed by atoms with Crippen LogP contribution in [0.25, 0.3) is 10.8 Å². The molecule has 2 heterocycles. The van der Waals surface area contributed by atoms with Crippen molar-refractivity contribution in [2.45, 2.75) is 18.4 Å². The monoisotopic (exact) mass is 300 g/mol. The zero-order chi connectivity index (χ0) is 15.7. The van der Waals surface area contributed by atoms with Crippen molar-refractivity contribution in [2.75, 3.05) is 13.1 Å². The van der Waals surface area contributed by atoms with Crippen LogP contribution in [0.3, 0.4) is 0 Å². The number of carboxylic acid groups (broad SMARTS) is 1. The van der Waals surface area contributed by atoms with Crippen LogP contribution in [0, 0.1) is 0 Å². The number of carbonyl (C=O) groups excluding carboxylic acids is 1. The average molecular weight is 300 g/mol. The van der Waals surface area contributed by atoms with Crippen LogP contribution in [0.2, 0.25) is 0 Å². The number of fused-ring (bicyclic) bond motifs is 1. The Kier molecular flexibility index (Phi) is 3.54. The van der Waals surface area contributed by atoms with Crippen molar-refractivity contribution in [2.24, 2.45) is 0 Å². The number of benzene rings is 1. The highest BCUT2D eigenvalue weighted by atomic mass is 16.4. The number of aromatic nitrogens is 1. The largest absolute Gasteiger partial charge is 0.479 e. The average Bonchev–Trinajstić information content (AvgIpc) is 2.54. The number of carboxylic acids is 1. The molecule has 2 aromatic rings. The van der Waals surface area contributed by atoms with Crippen LogP contribution < -0.4 is 0 Å². The number of aliphatic hydroxyl groups is 1. The first kappa shape index (κ1) is 14.5. The van der Waals surface area contributed by atoms with E-state index >= 15 is 0 Å². The summed E-state index contributed by atoms with van der Waals surface area (Å²) >= 11 is 0. The van der Waals surface area contributed by atoms with Crippen LogP contribution >= 0.6 is 0 Å². The van der Waals surface area contributed by atoms with Crippen LogP contribution in [0.5, 0.6) is 0 Å². The number of carbonyl (C=O) groups is 2. The molecule has 0 bridgehead atoms. The molecule has 0 spiro atoms. The molecule has 1 aromatic heterocycles. The second-order valence-corrected chi connectivity index (χ2v) is 5.53. The lowest BCUT2D eigenvalue weighted by molar-refractivity contribution is -0.162. The zero-order valence-electron chi connectivity index (χ0n) is 11.9. The van der Waals surface area contributed by atoms with Gasteiger partial charge < -0.3 is 15.1 Å². The van der Waals surface area contributed by atoms with Gasteiger partial charge in [-0.3, -0.25) is 9.78 Å². The number of piperidine rings is 1. The molecule has 0 saturated carbocycles. The van der Waals surface area contributed by atoms with E-state index in [1.54, 1.807) is 35.5 Å². The van der Waals surface area contributed by atoms with E-state index in [-0.39, 0.29) is 31.8 Å². The summed E-state index contributed by atoms with van der Waals surface area (Å²) in [6.45, 7) is 0.451. The topological polar surface area (TPSA) is 90.7 Å². The van der Waals surface area contributed by atoms with Crippen molar-refractivity contribution in [3.8, 4) is 0 Å². The molecule has 1 aliphatic heterocycles. The quantitative estimate of drug-likeness (QED) is 0.872. The van der Waals surface area contributed by atoms with Gasteiger partial charge in [-0.05, 0) is 17.5 Å². The normalized spacial score (nSPS) is 17.4. The van der Waals surface area contributed by atoms with Gasteiger partial charge in [0.15, 0.2) is 5.60 Å². The molecule has 1 amide bonds. The summed E-state index contributed by atoms with van der Waals surface area (Å²) in [4.78, 5) is 29.3. The number of pyridine rings is 1. The lowest BCUT2D eigenvalue weighted by Crippen LogP contribution is -2.50. The Bertz CT molecular complexity index is 731. The number of hydrogen-bond donors (Lipinski definition) is 2. The molecule has 3 rings (SSSR count). The first-order chi connectivity index (χ1) is 10.5. The van der Waals surface area contributed by atoms with E-state index in [2.05, 4.69) is 4.98 Å². The SMILES string of the molecule is O=C(c1cccc2cnccc12)N1CCC(O)(C(=O)O)CC1. The van der Waals surface area contributed by atoms with Gasteiger partial charge in [0, 0.05) is 49.3 Å². The minimum atomic E-state index is -1.72. The molecule has 1 aromatic carbocycles. The third kappa shape index (κ3) is 2.42. The third-order valence-electron chi connectivity index (χ3n) is 4.19. The van der Waals surface area contributed by atoms with Gasteiger partial charge in [-0.1, -0.05) is 12.1 Å². The molecule has 0 radical (unpaired) electrons. The Morgan fingerprint density at radius 1 is 1.18 bits per heavy atom. The van der Waals surface area contributed by atoms with E-state index in [1.165, 1.54) is 0 Å². The van der Waals surface area contributed by atoms with Crippen molar-refractivity contribution in [1.82, 2.24) is 9.88 Å². The van der Waals surface area contributed by atoms with Crippen molar-refractivity contribution >= 4 is 22.6 Å². The summed E-state index contributed by atoms with van der Waals surface area (Å²) in [5.41, 5.74) is -1.15. The maximum atomic E-state index is 12.7. The van der Waals surface area contributed by atoms with Crippen molar-refractivity contribution < 1.29 is 19.8 Å². The summed E-state index contributed by atoms with van der Waals surface area (Å²) in [5.74, 6) is -1.37. The Morgan fingerprint density at radius 2 is 1.91 bits per heavy atom. The first-order valence-corrected chi connectivity index (χ1v) is 7.09. The molecule has 0 unspecified atom stereocenters. The molecule has 1 fully saturated rings. The van der Waals surface area contributed by atoms with Gasteiger partial charge in [0.1, 0.15) is 0 Å². The Morgan fingerprint density at radius 3 is 2.59 bits per heavy atom. The highest BCUT2D eigenvalue weighted by Gasteiger charge is 2.40. The summed E-state index contributed by atoms with van der Waals surface area (Å²) in [7, 11) is 0. The molecule has 114 valence electrons. The summed E-state index contributed by atoms with van der Waals surface area (Å²) in [6.07, 6.45) is 3.42. The van der Waals surface area contributed by atoms with Gasteiger partial charge in [0.05, 0.1) is 0 Å². The number of hydrogen-bond acceptors (Lipinski definition) is 4. The first-order valence-electron chi connectivity index (χ1n) is 7.09. The van der Waals surface area contributed by atoms with E-state index < -0.39 is 11.6 Å². The smallest absolute Gasteiger partial charge is 0.335 e. The van der Waals surface area contributed by atoms with Crippen molar-refractivity contribution in [1.29, 1.82) is 0 Å². The predicted octanol–water partition coefficient (Wildman–Crippen LogP) is 1.29. The fourth-order valence-electron chi connectivity index (χ4n) is 2.77. The second-order valence-electron chi connectivity index (χ2n) is 5.53. The van der Waals surface area contributed by atoms with E-state index in [0.717, 1.165) is 10.8 Å². The maximum Gasteiger partial charge on any atom is 0.335 e. The van der Waals surface area contributed by atoms with E-state index in [4.69, 9.17) is 5.11 Å². The minimum Gasteiger partial charge on any atom is -0.479 e. The van der Waals surface area contributed by atoms with Gasteiger partial charge in [0.2, 0.25) is 0 Å². The van der Waals surface area contributed by atoms with Gasteiger partial charge in [-0.15, -0.1) is 0 Å². The molecule has 6 nitrogen and oxygen atoms in total. The fourth-order valence-corrected chi connectivity index (χ4v) is 2.77. The standard InChI is InChI=1S/C16H16N2O4/c19-14(18-8-5-16(22,6-9-18)15(20)21)13-3-1-2-11-10-17-7-4-12(11)13/h1-4,7,10,22H,5-6,8-9H2,(H,20,21). The zero-order valence-corrected chi connectivity index (χ0v) is 11.9. The van der Waals surface area contributed by atoms with E-state index in [1.807, 2.05) is 6.07 Å². The van der Waals surface area contributed by atoms with Crippen molar-refractivity contribution in [3.63, 3.8) is 0 Å². The molecule has 0 atom stereocenters. The molecule has 1 saturated heterocycles. The van der Waals surface area contributed by atoms with E-state index in [0.29, 0.717) is 5.56 Å². The minimum absolute atomic E-state index is 0.0421. The van der Waals surface area contributed by atoms with Gasteiger partial charge in [-0.2, -0.15) is 0 Å². The van der Waals surface area contributed by atoms with Crippen LogP contribution in [-0.4, -0.2) is 50.7 Å². The number of likely N-dealkylation sites (tertiary alicyclic amines) is 1. The Hall–Kier alpha value is -2.47. The summed E-state index contributed by atoms with van der Waals surface area (Å²) < 4.78 is 0. The van der Waals surface area contributed by atoms with Gasteiger partial charge in [0.25, 0.3) is 5.91 Å². The lowest BCUT2D eigenvalue weighted by Gasteiger charge is -2.35. The fraction of sp³-hybridized carbons (Fsp3) is 0.312. The van der Waals surface area contributed by atoms with Gasteiger partial charge >= 0.3 is 5.97 Å².